The summed E-state index contributed by atoms with van der Waals surface area (Å²) in [6.07, 6.45) is 3.44. The minimum Gasteiger partial charge on any atom is -0.396 e. The van der Waals surface area contributed by atoms with Gasteiger partial charge in [-0.1, -0.05) is 0 Å². The minimum atomic E-state index is -0.644. The van der Waals surface area contributed by atoms with Crippen LogP contribution in [0.25, 0.3) is 0 Å². The molecule has 0 radical (unpaired) electrons. The normalized spacial score (nSPS) is 19.2. The van der Waals surface area contributed by atoms with Crippen LogP contribution in [0.4, 0.5) is 0 Å². The van der Waals surface area contributed by atoms with Crippen molar-refractivity contribution in [1.29, 1.82) is 0 Å². The Morgan fingerprint density at radius 2 is 2.15 bits per heavy atom. The van der Waals surface area contributed by atoms with Crippen LogP contribution in [-0.4, -0.2) is 34.9 Å². The lowest BCUT2D eigenvalue weighted by Gasteiger charge is -2.36. The third kappa shape index (κ3) is 3.32. The van der Waals surface area contributed by atoms with E-state index in [0.717, 1.165) is 19.3 Å². The number of carbonyl (C=O) groups excluding carboxylic acids is 1. The van der Waals surface area contributed by atoms with Crippen LogP contribution < -0.4 is 5.32 Å². The molecular weight excluding hydrogens is 170 g/mol. The Hall–Kier alpha value is -0.610. The van der Waals surface area contributed by atoms with Gasteiger partial charge in [-0.2, -0.15) is 0 Å². The van der Waals surface area contributed by atoms with Crippen molar-refractivity contribution in [3.63, 3.8) is 0 Å². The molecule has 1 saturated carbocycles. The van der Waals surface area contributed by atoms with E-state index in [-0.39, 0.29) is 12.5 Å². The lowest BCUT2D eigenvalue weighted by Crippen LogP contribution is -2.47. The summed E-state index contributed by atoms with van der Waals surface area (Å²) in [5.41, 5.74) is -0.644. The Kier molecular flexibility index (Phi) is 3.69. The fraction of sp³-hybridized carbons (Fsp3) is 0.889. The van der Waals surface area contributed by atoms with Gasteiger partial charge in [0.2, 0.25) is 5.91 Å². The number of aliphatic hydroxyl groups is 2. The van der Waals surface area contributed by atoms with E-state index in [4.69, 9.17) is 5.11 Å². The van der Waals surface area contributed by atoms with E-state index in [1.807, 2.05) is 0 Å². The first-order valence-electron chi connectivity index (χ1n) is 4.76. The van der Waals surface area contributed by atoms with E-state index in [1.165, 1.54) is 0 Å². The fourth-order valence-corrected chi connectivity index (χ4v) is 1.35. The third-order valence-electron chi connectivity index (χ3n) is 2.46. The second kappa shape index (κ2) is 4.58. The molecule has 3 N–H and O–H groups in total. The average molecular weight is 187 g/mol. The Morgan fingerprint density at radius 1 is 1.46 bits per heavy atom. The zero-order valence-corrected chi connectivity index (χ0v) is 7.75. The maximum Gasteiger partial charge on any atom is 0.220 e. The summed E-state index contributed by atoms with van der Waals surface area (Å²) < 4.78 is 0. The van der Waals surface area contributed by atoms with Gasteiger partial charge in [0, 0.05) is 19.6 Å². The van der Waals surface area contributed by atoms with Gasteiger partial charge in [0.15, 0.2) is 0 Å². The van der Waals surface area contributed by atoms with Crippen molar-refractivity contribution in [1.82, 2.24) is 5.32 Å². The van der Waals surface area contributed by atoms with Crippen molar-refractivity contribution in [3.05, 3.63) is 0 Å². The molecule has 1 amide bonds. The predicted octanol–water partition coefficient (Wildman–Crippen LogP) is -0.210. The van der Waals surface area contributed by atoms with Crippen molar-refractivity contribution in [2.45, 2.75) is 37.7 Å². The summed E-state index contributed by atoms with van der Waals surface area (Å²) in [7, 11) is 0. The topological polar surface area (TPSA) is 69.6 Å². The number of hydrogen-bond acceptors (Lipinski definition) is 3. The Labute approximate surface area is 78.0 Å². The van der Waals surface area contributed by atoms with Crippen LogP contribution in [0.15, 0.2) is 0 Å². The molecule has 4 nitrogen and oxygen atoms in total. The Morgan fingerprint density at radius 3 is 2.62 bits per heavy atom. The van der Waals surface area contributed by atoms with E-state index in [1.54, 1.807) is 0 Å². The zero-order valence-electron chi connectivity index (χ0n) is 7.75. The molecule has 1 rings (SSSR count). The van der Waals surface area contributed by atoms with Gasteiger partial charge >= 0.3 is 0 Å². The molecular formula is C9H17NO3. The lowest BCUT2D eigenvalue weighted by molar-refractivity contribution is -0.123. The molecule has 0 saturated heterocycles. The molecule has 0 unspecified atom stereocenters. The fourth-order valence-electron chi connectivity index (χ4n) is 1.35. The van der Waals surface area contributed by atoms with Crippen LogP contribution in [0, 0.1) is 0 Å². The molecule has 0 heterocycles. The van der Waals surface area contributed by atoms with Crippen LogP contribution >= 0.6 is 0 Å². The molecule has 0 aliphatic heterocycles. The lowest BCUT2D eigenvalue weighted by atomic mass is 9.80. The Bertz CT molecular complexity index is 178. The number of aliphatic hydroxyl groups excluding tert-OH is 1. The van der Waals surface area contributed by atoms with Gasteiger partial charge in [-0.15, -0.1) is 0 Å². The zero-order chi connectivity index (χ0) is 9.73. The second-order valence-corrected chi connectivity index (χ2v) is 3.68. The molecule has 76 valence electrons. The van der Waals surface area contributed by atoms with Gasteiger partial charge in [-0.25, -0.2) is 0 Å². The molecule has 4 heteroatoms. The highest BCUT2D eigenvalue weighted by atomic mass is 16.3. The number of hydrogen-bond donors (Lipinski definition) is 3. The van der Waals surface area contributed by atoms with E-state index < -0.39 is 5.60 Å². The van der Waals surface area contributed by atoms with Crippen molar-refractivity contribution < 1.29 is 15.0 Å². The smallest absolute Gasteiger partial charge is 0.220 e. The molecule has 0 aromatic rings. The van der Waals surface area contributed by atoms with Gasteiger partial charge in [0.25, 0.3) is 0 Å². The monoisotopic (exact) mass is 187 g/mol. The molecule has 13 heavy (non-hydrogen) atoms. The first kappa shape index (κ1) is 10.5. The van der Waals surface area contributed by atoms with Gasteiger partial charge < -0.3 is 15.5 Å². The quantitative estimate of drug-likeness (QED) is 0.558. The van der Waals surface area contributed by atoms with Crippen LogP contribution in [0.5, 0.6) is 0 Å². The Balaban J connectivity index is 2.07. The first-order valence-corrected chi connectivity index (χ1v) is 4.76. The summed E-state index contributed by atoms with van der Waals surface area (Å²) in [6.45, 7) is 0.398. The number of carbonyl (C=O) groups is 1. The standard InChI is InChI=1S/C9H17NO3/c11-6-1-3-8(12)10-7-9(13)4-2-5-9/h11,13H,1-7H2,(H,10,12). The highest BCUT2D eigenvalue weighted by Gasteiger charge is 2.34. The summed E-state index contributed by atoms with van der Waals surface area (Å²) >= 11 is 0. The molecule has 0 aromatic heterocycles. The molecule has 0 bridgehead atoms. The highest BCUT2D eigenvalue weighted by molar-refractivity contribution is 5.75. The van der Waals surface area contributed by atoms with Gasteiger partial charge in [0.1, 0.15) is 0 Å². The molecule has 0 spiro atoms. The maximum absolute atomic E-state index is 11.1. The van der Waals surface area contributed by atoms with Gasteiger partial charge in [-0.05, 0) is 25.7 Å². The minimum absolute atomic E-state index is 0.0394. The van der Waals surface area contributed by atoms with Crippen molar-refractivity contribution >= 4 is 5.91 Å². The molecule has 1 fully saturated rings. The van der Waals surface area contributed by atoms with Gasteiger partial charge in [-0.3, -0.25) is 4.79 Å². The van der Waals surface area contributed by atoms with Crippen molar-refractivity contribution in [2.75, 3.05) is 13.2 Å². The van der Waals surface area contributed by atoms with E-state index in [9.17, 15) is 9.90 Å². The second-order valence-electron chi connectivity index (χ2n) is 3.68. The SMILES string of the molecule is O=C(CCCO)NCC1(O)CCC1. The predicted molar refractivity (Wildman–Crippen MR) is 48.1 cm³/mol. The first-order chi connectivity index (χ1) is 6.16. The highest BCUT2D eigenvalue weighted by Crippen LogP contribution is 2.30. The summed E-state index contributed by atoms with van der Waals surface area (Å²) in [4.78, 5) is 11.1. The number of nitrogens with one attached hydrogen (secondary N) is 1. The van der Waals surface area contributed by atoms with Crippen molar-refractivity contribution in [2.24, 2.45) is 0 Å². The van der Waals surface area contributed by atoms with E-state index >= 15 is 0 Å². The van der Waals surface area contributed by atoms with Crippen LogP contribution in [0.3, 0.4) is 0 Å². The average Bonchev–Trinajstić information content (AvgIpc) is 2.08. The van der Waals surface area contributed by atoms with Crippen LogP contribution in [0.1, 0.15) is 32.1 Å². The molecule has 1 aliphatic rings. The third-order valence-corrected chi connectivity index (χ3v) is 2.46. The van der Waals surface area contributed by atoms with E-state index in [0.29, 0.717) is 19.4 Å². The molecule has 0 aromatic carbocycles. The maximum atomic E-state index is 11.1. The summed E-state index contributed by atoms with van der Waals surface area (Å²) in [6, 6.07) is 0. The largest absolute Gasteiger partial charge is 0.396 e. The van der Waals surface area contributed by atoms with Crippen LogP contribution in [0.2, 0.25) is 0 Å². The number of amides is 1. The summed E-state index contributed by atoms with van der Waals surface area (Å²) in [5, 5.41) is 20.8. The van der Waals surface area contributed by atoms with Gasteiger partial charge in [0.05, 0.1) is 5.60 Å². The number of rotatable bonds is 5. The summed E-state index contributed by atoms with van der Waals surface area (Å²) in [5.74, 6) is -0.0885. The molecule has 0 atom stereocenters. The molecule has 1 aliphatic carbocycles. The van der Waals surface area contributed by atoms with Crippen LogP contribution in [-0.2, 0) is 4.79 Å². The van der Waals surface area contributed by atoms with Crippen molar-refractivity contribution in [3.8, 4) is 0 Å². The van der Waals surface area contributed by atoms with E-state index in [2.05, 4.69) is 5.32 Å².